The SMILES string of the molecule is C=Cc1cccc(C(C(=O)NCCCCC)N(C(=O)C(Cc2ccc(O)cc2)NC(=O)OC(C)(C)C)C(C)CCC(C)C)c1. The summed E-state index contributed by atoms with van der Waals surface area (Å²) in [4.78, 5) is 43.5. The molecule has 3 unspecified atom stereocenters. The zero-order chi connectivity index (χ0) is 32.9. The van der Waals surface area contributed by atoms with Gasteiger partial charge < -0.3 is 25.4 Å². The molecule has 0 saturated heterocycles. The maximum absolute atomic E-state index is 14.8. The normalized spacial score (nSPS) is 13.5. The molecule has 0 radical (unpaired) electrons. The highest BCUT2D eigenvalue weighted by Crippen LogP contribution is 2.29. The molecule has 44 heavy (non-hydrogen) atoms. The largest absolute Gasteiger partial charge is 0.508 e. The van der Waals surface area contributed by atoms with E-state index in [0.717, 1.165) is 36.8 Å². The maximum atomic E-state index is 14.8. The van der Waals surface area contributed by atoms with Gasteiger partial charge in [0.15, 0.2) is 0 Å². The first-order valence-corrected chi connectivity index (χ1v) is 15.8. The molecule has 0 saturated carbocycles. The highest BCUT2D eigenvalue weighted by atomic mass is 16.6. The zero-order valence-corrected chi connectivity index (χ0v) is 27.7. The molecular weight excluding hydrogens is 554 g/mol. The number of nitrogens with one attached hydrogen (secondary N) is 2. The van der Waals surface area contributed by atoms with E-state index in [4.69, 9.17) is 4.74 Å². The molecule has 3 N–H and O–H groups in total. The number of phenolic OH excluding ortho intramolecular Hbond substituents is 1. The minimum absolute atomic E-state index is 0.0996. The van der Waals surface area contributed by atoms with Crippen molar-refractivity contribution in [3.05, 3.63) is 71.8 Å². The van der Waals surface area contributed by atoms with Crippen LogP contribution in [0.4, 0.5) is 4.79 Å². The van der Waals surface area contributed by atoms with E-state index in [1.54, 1.807) is 56.0 Å². The molecule has 0 aliphatic heterocycles. The van der Waals surface area contributed by atoms with Crippen LogP contribution >= 0.6 is 0 Å². The summed E-state index contributed by atoms with van der Waals surface area (Å²) in [5.74, 6) is -0.166. The summed E-state index contributed by atoms with van der Waals surface area (Å²) in [5.41, 5.74) is 1.47. The Morgan fingerprint density at radius 3 is 2.30 bits per heavy atom. The fraction of sp³-hybridized carbons (Fsp3) is 0.528. The second-order valence-corrected chi connectivity index (χ2v) is 12.9. The van der Waals surface area contributed by atoms with Crippen molar-refractivity contribution in [2.75, 3.05) is 6.54 Å². The van der Waals surface area contributed by atoms with Gasteiger partial charge in [-0.2, -0.15) is 0 Å². The number of unbranched alkanes of at least 4 members (excludes halogenated alkanes) is 2. The van der Waals surface area contributed by atoms with Gasteiger partial charge in [-0.05, 0) is 87.8 Å². The first kappa shape index (κ1) is 36.4. The molecule has 0 aromatic heterocycles. The lowest BCUT2D eigenvalue weighted by atomic mass is 9.95. The molecule has 242 valence electrons. The Hall–Kier alpha value is -3.81. The Labute approximate surface area is 264 Å². The van der Waals surface area contributed by atoms with Gasteiger partial charge >= 0.3 is 6.09 Å². The molecule has 2 aromatic carbocycles. The molecule has 0 aliphatic rings. The third-order valence-electron chi connectivity index (χ3n) is 7.32. The number of carbonyl (C=O) groups is 3. The second kappa shape index (κ2) is 17.5. The second-order valence-electron chi connectivity index (χ2n) is 12.9. The smallest absolute Gasteiger partial charge is 0.408 e. The summed E-state index contributed by atoms with van der Waals surface area (Å²) in [6, 6.07) is 11.7. The van der Waals surface area contributed by atoms with E-state index in [1.165, 1.54) is 0 Å². The predicted octanol–water partition coefficient (Wildman–Crippen LogP) is 7.17. The number of phenols is 1. The van der Waals surface area contributed by atoms with E-state index < -0.39 is 29.7 Å². The molecule has 0 fully saturated rings. The Balaban J connectivity index is 2.65. The van der Waals surface area contributed by atoms with Gasteiger partial charge in [0.25, 0.3) is 0 Å². The van der Waals surface area contributed by atoms with Crippen LogP contribution in [0.3, 0.4) is 0 Å². The number of carbonyl (C=O) groups excluding carboxylic acids is 3. The Morgan fingerprint density at radius 1 is 1.02 bits per heavy atom. The molecule has 0 spiro atoms. The molecule has 0 aliphatic carbocycles. The third-order valence-corrected chi connectivity index (χ3v) is 7.32. The maximum Gasteiger partial charge on any atom is 0.408 e. The van der Waals surface area contributed by atoms with Crippen molar-refractivity contribution in [1.82, 2.24) is 15.5 Å². The number of amides is 3. The first-order valence-electron chi connectivity index (χ1n) is 15.8. The molecule has 0 heterocycles. The van der Waals surface area contributed by atoms with Gasteiger partial charge in [-0.25, -0.2) is 4.79 Å². The van der Waals surface area contributed by atoms with Crippen LogP contribution in [0.1, 0.15) is 103 Å². The van der Waals surface area contributed by atoms with E-state index in [-0.39, 0.29) is 24.1 Å². The Kier molecular flexibility index (Phi) is 14.4. The molecule has 8 nitrogen and oxygen atoms in total. The number of alkyl carbamates (subject to hydrolysis) is 1. The van der Waals surface area contributed by atoms with Crippen LogP contribution in [0.2, 0.25) is 0 Å². The summed E-state index contributed by atoms with van der Waals surface area (Å²) in [6.07, 6.45) is 5.49. The highest BCUT2D eigenvalue weighted by Gasteiger charge is 2.39. The molecule has 2 aromatic rings. The van der Waals surface area contributed by atoms with Crippen LogP contribution in [0.15, 0.2) is 55.1 Å². The van der Waals surface area contributed by atoms with Gasteiger partial charge in [0.2, 0.25) is 11.8 Å². The predicted molar refractivity (Wildman–Crippen MR) is 177 cm³/mol. The number of ether oxygens (including phenoxy) is 1. The van der Waals surface area contributed by atoms with E-state index in [0.29, 0.717) is 24.4 Å². The van der Waals surface area contributed by atoms with Crippen LogP contribution in [-0.4, -0.2) is 52.1 Å². The van der Waals surface area contributed by atoms with Gasteiger partial charge in [0.05, 0.1) is 0 Å². The minimum atomic E-state index is -1.03. The van der Waals surface area contributed by atoms with Gasteiger partial charge in [-0.15, -0.1) is 0 Å². The van der Waals surface area contributed by atoms with Crippen LogP contribution < -0.4 is 10.6 Å². The lowest BCUT2D eigenvalue weighted by Gasteiger charge is -2.39. The van der Waals surface area contributed by atoms with Crippen LogP contribution in [-0.2, 0) is 20.7 Å². The van der Waals surface area contributed by atoms with Crippen LogP contribution in [0.5, 0.6) is 5.75 Å². The quantitative estimate of drug-likeness (QED) is 0.175. The first-order chi connectivity index (χ1) is 20.7. The molecule has 0 bridgehead atoms. The van der Waals surface area contributed by atoms with Crippen LogP contribution in [0, 0.1) is 5.92 Å². The van der Waals surface area contributed by atoms with Crippen molar-refractivity contribution in [3.8, 4) is 5.75 Å². The summed E-state index contributed by atoms with van der Waals surface area (Å²) in [7, 11) is 0. The molecule has 3 atom stereocenters. The van der Waals surface area contributed by atoms with Gasteiger partial charge in [0.1, 0.15) is 23.4 Å². The number of hydrogen-bond donors (Lipinski definition) is 3. The Morgan fingerprint density at radius 2 is 1.70 bits per heavy atom. The zero-order valence-electron chi connectivity index (χ0n) is 27.7. The van der Waals surface area contributed by atoms with Gasteiger partial charge in [-0.3, -0.25) is 9.59 Å². The summed E-state index contributed by atoms with van der Waals surface area (Å²) >= 11 is 0. The number of nitrogens with zero attached hydrogens (tertiary/aromatic N) is 1. The summed E-state index contributed by atoms with van der Waals surface area (Å²) in [6.45, 7) is 18.0. The molecule has 2 rings (SSSR count). The standard InChI is InChI=1S/C36H53N3O5/c1-9-11-12-22-37-33(41)32(29-15-13-14-27(10-2)23-29)39(26(5)17-16-25(3)4)34(42)31(38-35(43)44-36(6,7)8)24-28-18-20-30(40)21-19-28/h10,13-15,18-21,23,25-26,31-32,40H,2,9,11-12,16-17,22,24H2,1,3-8H3,(H,37,41)(H,38,43). The topological polar surface area (TPSA) is 108 Å². The van der Waals surface area contributed by atoms with Crippen molar-refractivity contribution < 1.29 is 24.2 Å². The number of benzene rings is 2. The molecular formula is C36H53N3O5. The van der Waals surface area contributed by atoms with Gasteiger partial charge in [0, 0.05) is 19.0 Å². The fourth-order valence-electron chi connectivity index (χ4n) is 4.99. The number of aromatic hydroxyl groups is 1. The number of hydrogen-bond acceptors (Lipinski definition) is 5. The number of rotatable bonds is 16. The molecule has 3 amide bonds. The average Bonchev–Trinajstić information content (AvgIpc) is 2.96. The van der Waals surface area contributed by atoms with Gasteiger partial charge in [-0.1, -0.05) is 76.6 Å². The van der Waals surface area contributed by atoms with Crippen LogP contribution in [0.25, 0.3) is 6.08 Å². The van der Waals surface area contributed by atoms with Crippen molar-refractivity contribution in [2.24, 2.45) is 5.92 Å². The summed E-state index contributed by atoms with van der Waals surface area (Å²) in [5, 5.41) is 15.7. The van der Waals surface area contributed by atoms with E-state index in [2.05, 4.69) is 38.0 Å². The van der Waals surface area contributed by atoms with Crippen molar-refractivity contribution >= 4 is 24.0 Å². The van der Waals surface area contributed by atoms with Crippen molar-refractivity contribution in [3.63, 3.8) is 0 Å². The highest BCUT2D eigenvalue weighted by molar-refractivity contribution is 5.92. The minimum Gasteiger partial charge on any atom is -0.508 e. The van der Waals surface area contributed by atoms with E-state index in [9.17, 15) is 19.5 Å². The van der Waals surface area contributed by atoms with E-state index >= 15 is 0 Å². The van der Waals surface area contributed by atoms with Crippen molar-refractivity contribution in [2.45, 2.75) is 111 Å². The lowest BCUT2D eigenvalue weighted by molar-refractivity contribution is -0.145. The third kappa shape index (κ3) is 12.1. The fourth-order valence-corrected chi connectivity index (χ4v) is 4.99. The van der Waals surface area contributed by atoms with E-state index in [1.807, 2.05) is 31.2 Å². The summed E-state index contributed by atoms with van der Waals surface area (Å²) < 4.78 is 5.54. The molecule has 8 heteroatoms. The van der Waals surface area contributed by atoms with Crippen molar-refractivity contribution in [1.29, 1.82) is 0 Å². The Bertz CT molecular complexity index is 1220. The monoisotopic (exact) mass is 607 g/mol. The average molecular weight is 608 g/mol. The lowest BCUT2D eigenvalue weighted by Crippen LogP contribution is -2.56.